The van der Waals surface area contributed by atoms with Crippen LogP contribution >= 0.6 is 0 Å². The van der Waals surface area contributed by atoms with Crippen LogP contribution < -0.4 is 10.5 Å². The Morgan fingerprint density at radius 3 is 2.69 bits per heavy atom. The molecule has 0 aliphatic heterocycles. The predicted molar refractivity (Wildman–Crippen MR) is 55.1 cm³/mol. The highest BCUT2D eigenvalue weighted by atomic mass is 16.5. The van der Waals surface area contributed by atoms with Gasteiger partial charge in [0.1, 0.15) is 5.75 Å². The Morgan fingerprint density at radius 2 is 2.15 bits per heavy atom. The summed E-state index contributed by atoms with van der Waals surface area (Å²) in [5.41, 5.74) is 8.18. The molecule has 1 rings (SSSR count). The van der Waals surface area contributed by atoms with Crippen LogP contribution in [0.5, 0.6) is 5.75 Å². The van der Waals surface area contributed by atoms with Gasteiger partial charge >= 0.3 is 0 Å². The van der Waals surface area contributed by atoms with Crippen LogP contribution in [-0.2, 0) is 6.42 Å². The summed E-state index contributed by atoms with van der Waals surface area (Å²) in [6.45, 7) is 4.08. The lowest BCUT2D eigenvalue weighted by molar-refractivity contribution is 0.408. The first kappa shape index (κ1) is 10.1. The second-order valence-electron chi connectivity index (χ2n) is 3.50. The van der Waals surface area contributed by atoms with E-state index in [9.17, 15) is 0 Å². The molecule has 0 spiro atoms. The predicted octanol–water partition coefficient (Wildman–Crippen LogP) is 1.89. The van der Waals surface area contributed by atoms with Crippen molar-refractivity contribution in [3.8, 4) is 5.75 Å². The van der Waals surface area contributed by atoms with Gasteiger partial charge in [-0.25, -0.2) is 0 Å². The first-order valence-electron chi connectivity index (χ1n) is 4.52. The molecule has 2 N–H and O–H groups in total. The van der Waals surface area contributed by atoms with Crippen LogP contribution in [0.4, 0.5) is 0 Å². The SMILES string of the molecule is COc1ccc(C)cc1C[C@@H](C)N. The number of methoxy groups -OCH3 is 1. The van der Waals surface area contributed by atoms with E-state index < -0.39 is 0 Å². The van der Waals surface area contributed by atoms with Gasteiger partial charge in [-0.05, 0) is 31.9 Å². The Bertz CT molecular complexity index is 281. The number of benzene rings is 1. The van der Waals surface area contributed by atoms with Crippen LogP contribution in [0.2, 0.25) is 0 Å². The van der Waals surface area contributed by atoms with E-state index in [0.717, 1.165) is 12.2 Å². The Hall–Kier alpha value is -1.02. The van der Waals surface area contributed by atoms with Gasteiger partial charge in [0.25, 0.3) is 0 Å². The molecule has 0 fully saturated rings. The summed E-state index contributed by atoms with van der Waals surface area (Å²) in [4.78, 5) is 0. The van der Waals surface area contributed by atoms with Gasteiger partial charge in [-0.1, -0.05) is 17.7 Å². The molecule has 1 atom stereocenters. The van der Waals surface area contributed by atoms with Crippen LogP contribution in [0, 0.1) is 6.92 Å². The molecule has 0 saturated carbocycles. The number of nitrogens with two attached hydrogens (primary N) is 1. The van der Waals surface area contributed by atoms with Gasteiger partial charge in [0.15, 0.2) is 0 Å². The molecular formula is C11H17NO. The van der Waals surface area contributed by atoms with E-state index in [2.05, 4.69) is 13.0 Å². The van der Waals surface area contributed by atoms with Gasteiger partial charge in [-0.15, -0.1) is 0 Å². The molecule has 0 unspecified atom stereocenters. The van der Waals surface area contributed by atoms with Gasteiger partial charge in [-0.3, -0.25) is 0 Å². The number of aryl methyl sites for hydroxylation is 1. The fraction of sp³-hybridized carbons (Fsp3) is 0.455. The zero-order valence-corrected chi connectivity index (χ0v) is 8.50. The van der Waals surface area contributed by atoms with Crippen LogP contribution in [0.3, 0.4) is 0 Å². The summed E-state index contributed by atoms with van der Waals surface area (Å²) in [5, 5.41) is 0. The zero-order valence-electron chi connectivity index (χ0n) is 8.50. The molecule has 0 heterocycles. The number of rotatable bonds is 3. The molecule has 0 saturated heterocycles. The summed E-state index contributed by atoms with van der Waals surface area (Å²) in [5.74, 6) is 0.933. The van der Waals surface area contributed by atoms with Gasteiger partial charge in [-0.2, -0.15) is 0 Å². The fourth-order valence-corrected chi connectivity index (χ4v) is 1.41. The maximum Gasteiger partial charge on any atom is 0.122 e. The molecule has 2 nitrogen and oxygen atoms in total. The summed E-state index contributed by atoms with van der Waals surface area (Å²) >= 11 is 0. The maximum atomic E-state index is 5.74. The lowest BCUT2D eigenvalue weighted by Crippen LogP contribution is -2.18. The molecule has 0 aliphatic carbocycles. The van der Waals surface area contributed by atoms with Crippen LogP contribution in [0.15, 0.2) is 18.2 Å². The molecule has 0 amide bonds. The number of hydrogen-bond donors (Lipinski definition) is 1. The van der Waals surface area contributed by atoms with Crippen molar-refractivity contribution in [2.24, 2.45) is 5.73 Å². The highest BCUT2D eigenvalue weighted by molar-refractivity contribution is 5.37. The lowest BCUT2D eigenvalue weighted by atomic mass is 10.0. The summed E-state index contributed by atoms with van der Waals surface area (Å²) in [6.07, 6.45) is 0.866. The molecule has 1 aromatic rings. The van der Waals surface area contributed by atoms with E-state index in [1.165, 1.54) is 11.1 Å². The Balaban J connectivity index is 2.94. The maximum absolute atomic E-state index is 5.74. The first-order valence-corrected chi connectivity index (χ1v) is 4.52. The average Bonchev–Trinajstić information content (AvgIpc) is 2.03. The van der Waals surface area contributed by atoms with E-state index in [1.54, 1.807) is 7.11 Å². The van der Waals surface area contributed by atoms with E-state index in [-0.39, 0.29) is 6.04 Å². The van der Waals surface area contributed by atoms with Crippen molar-refractivity contribution in [1.29, 1.82) is 0 Å². The molecule has 1 aromatic carbocycles. The lowest BCUT2D eigenvalue weighted by Gasteiger charge is -2.11. The third kappa shape index (κ3) is 2.74. The minimum Gasteiger partial charge on any atom is -0.496 e. The minimum absolute atomic E-state index is 0.177. The zero-order chi connectivity index (χ0) is 9.84. The van der Waals surface area contributed by atoms with Crippen LogP contribution in [-0.4, -0.2) is 13.2 Å². The van der Waals surface area contributed by atoms with E-state index in [1.807, 2.05) is 19.1 Å². The minimum atomic E-state index is 0.177. The van der Waals surface area contributed by atoms with Crippen LogP contribution in [0.25, 0.3) is 0 Å². The number of hydrogen-bond acceptors (Lipinski definition) is 2. The third-order valence-corrected chi connectivity index (χ3v) is 1.98. The normalized spacial score (nSPS) is 12.6. The van der Waals surface area contributed by atoms with Crippen molar-refractivity contribution in [3.63, 3.8) is 0 Å². The third-order valence-electron chi connectivity index (χ3n) is 1.98. The quantitative estimate of drug-likeness (QED) is 0.769. The molecule has 0 aromatic heterocycles. The monoisotopic (exact) mass is 179 g/mol. The standard InChI is InChI=1S/C11H17NO/c1-8-4-5-11(13-3)10(6-8)7-9(2)12/h4-6,9H,7,12H2,1-3H3/t9-/m1/s1. The largest absolute Gasteiger partial charge is 0.496 e. The fourth-order valence-electron chi connectivity index (χ4n) is 1.41. The molecule has 0 radical (unpaired) electrons. The molecule has 13 heavy (non-hydrogen) atoms. The van der Waals surface area contributed by atoms with Crippen molar-refractivity contribution in [2.75, 3.05) is 7.11 Å². The number of ether oxygens (including phenoxy) is 1. The molecule has 2 heteroatoms. The average molecular weight is 179 g/mol. The van der Waals surface area contributed by atoms with Crippen molar-refractivity contribution >= 4 is 0 Å². The van der Waals surface area contributed by atoms with E-state index >= 15 is 0 Å². The van der Waals surface area contributed by atoms with Crippen LogP contribution in [0.1, 0.15) is 18.1 Å². The summed E-state index contributed by atoms with van der Waals surface area (Å²) in [6, 6.07) is 6.34. The molecule has 72 valence electrons. The van der Waals surface area contributed by atoms with Crippen molar-refractivity contribution in [1.82, 2.24) is 0 Å². The van der Waals surface area contributed by atoms with Gasteiger partial charge in [0.2, 0.25) is 0 Å². The Kier molecular flexibility index (Phi) is 3.32. The Labute approximate surface area is 79.7 Å². The van der Waals surface area contributed by atoms with Crippen molar-refractivity contribution < 1.29 is 4.74 Å². The molecular weight excluding hydrogens is 162 g/mol. The summed E-state index contributed by atoms with van der Waals surface area (Å²) in [7, 11) is 1.69. The van der Waals surface area contributed by atoms with Crippen molar-refractivity contribution in [3.05, 3.63) is 29.3 Å². The highest BCUT2D eigenvalue weighted by Gasteiger charge is 2.04. The second-order valence-corrected chi connectivity index (χ2v) is 3.50. The molecule has 0 bridgehead atoms. The van der Waals surface area contributed by atoms with Gasteiger partial charge in [0, 0.05) is 6.04 Å². The van der Waals surface area contributed by atoms with E-state index in [4.69, 9.17) is 10.5 Å². The van der Waals surface area contributed by atoms with Crippen molar-refractivity contribution in [2.45, 2.75) is 26.3 Å². The molecule has 0 aliphatic rings. The first-order chi connectivity index (χ1) is 6.13. The summed E-state index contributed by atoms with van der Waals surface area (Å²) < 4.78 is 5.25. The van der Waals surface area contributed by atoms with Gasteiger partial charge < -0.3 is 10.5 Å². The van der Waals surface area contributed by atoms with E-state index in [0.29, 0.717) is 0 Å². The smallest absolute Gasteiger partial charge is 0.122 e. The second kappa shape index (κ2) is 4.28. The topological polar surface area (TPSA) is 35.2 Å². The highest BCUT2D eigenvalue weighted by Crippen LogP contribution is 2.20. The Morgan fingerprint density at radius 1 is 1.46 bits per heavy atom. The van der Waals surface area contributed by atoms with Gasteiger partial charge in [0.05, 0.1) is 7.11 Å².